The SMILES string of the molecule is C=C(C(=O)OC(F)(F)F)C(Cc1ccccc1)C(=O)OC(F)(F)F. The second kappa shape index (κ2) is 7.37. The zero-order valence-corrected chi connectivity index (χ0v) is 11.8. The van der Waals surface area contributed by atoms with Gasteiger partial charge in [0, 0.05) is 5.57 Å². The van der Waals surface area contributed by atoms with Gasteiger partial charge in [-0.05, 0) is 12.0 Å². The van der Waals surface area contributed by atoms with E-state index in [1.807, 2.05) is 0 Å². The molecule has 1 unspecified atom stereocenters. The molecule has 0 saturated carbocycles. The Morgan fingerprint density at radius 3 is 1.92 bits per heavy atom. The minimum atomic E-state index is -5.37. The van der Waals surface area contributed by atoms with Crippen LogP contribution in [0.5, 0.6) is 0 Å². The van der Waals surface area contributed by atoms with Gasteiger partial charge in [0.05, 0.1) is 5.92 Å². The highest BCUT2D eigenvalue weighted by Crippen LogP contribution is 2.26. The lowest BCUT2D eigenvalue weighted by molar-refractivity contribution is -0.310. The summed E-state index contributed by atoms with van der Waals surface area (Å²) in [7, 11) is 0. The third-order valence-electron chi connectivity index (χ3n) is 2.67. The third kappa shape index (κ3) is 6.71. The molecule has 0 aliphatic heterocycles. The van der Waals surface area contributed by atoms with E-state index in [9.17, 15) is 35.9 Å². The van der Waals surface area contributed by atoms with Gasteiger partial charge >= 0.3 is 24.7 Å². The average Bonchev–Trinajstić information content (AvgIpc) is 2.41. The molecule has 132 valence electrons. The zero-order chi connectivity index (χ0) is 18.5. The van der Waals surface area contributed by atoms with E-state index in [1.165, 1.54) is 24.3 Å². The summed E-state index contributed by atoms with van der Waals surface area (Å²) >= 11 is 0. The molecule has 0 heterocycles. The van der Waals surface area contributed by atoms with Gasteiger partial charge in [-0.15, -0.1) is 26.3 Å². The molecule has 0 aromatic heterocycles. The van der Waals surface area contributed by atoms with Crippen LogP contribution in [0.15, 0.2) is 42.5 Å². The van der Waals surface area contributed by atoms with Crippen molar-refractivity contribution in [3.8, 4) is 0 Å². The van der Waals surface area contributed by atoms with Crippen molar-refractivity contribution in [1.29, 1.82) is 0 Å². The Morgan fingerprint density at radius 2 is 1.46 bits per heavy atom. The summed E-state index contributed by atoms with van der Waals surface area (Å²) in [6.45, 7) is 2.94. The molecular weight excluding hydrogens is 346 g/mol. The first kappa shape index (κ1) is 19.5. The Kier molecular flexibility index (Phi) is 5.99. The van der Waals surface area contributed by atoms with Crippen molar-refractivity contribution in [3.63, 3.8) is 0 Å². The van der Waals surface area contributed by atoms with E-state index in [0.29, 0.717) is 0 Å². The Labute approximate surface area is 131 Å². The van der Waals surface area contributed by atoms with Crippen molar-refractivity contribution in [2.24, 2.45) is 5.92 Å². The lowest BCUT2D eigenvalue weighted by atomic mass is 9.92. The average molecular weight is 356 g/mol. The second-order valence-corrected chi connectivity index (χ2v) is 4.47. The van der Waals surface area contributed by atoms with Gasteiger partial charge in [-0.1, -0.05) is 36.9 Å². The molecule has 4 nitrogen and oxygen atoms in total. The summed E-state index contributed by atoms with van der Waals surface area (Å²) in [5.41, 5.74) is -0.826. The molecule has 0 saturated heterocycles. The fourth-order valence-corrected chi connectivity index (χ4v) is 1.70. The summed E-state index contributed by atoms with van der Waals surface area (Å²) < 4.78 is 78.9. The molecule has 0 aliphatic carbocycles. The van der Waals surface area contributed by atoms with Crippen LogP contribution in [0.25, 0.3) is 0 Å². The second-order valence-electron chi connectivity index (χ2n) is 4.47. The number of hydrogen-bond donors (Lipinski definition) is 0. The largest absolute Gasteiger partial charge is 0.575 e. The molecule has 0 N–H and O–H groups in total. The standard InChI is InChI=1S/C14H10F6O4/c1-8(11(21)23-13(15,16)17)10(12(22)24-14(18,19)20)7-9-5-3-2-4-6-9/h2-6,10H,1,7H2. The minimum Gasteiger partial charge on any atom is -0.372 e. The topological polar surface area (TPSA) is 52.6 Å². The van der Waals surface area contributed by atoms with E-state index < -0.39 is 42.6 Å². The number of carbonyl (C=O) groups is 2. The molecule has 1 aromatic carbocycles. The summed E-state index contributed by atoms with van der Waals surface area (Å²) in [6, 6.07) is 7.34. The van der Waals surface area contributed by atoms with Crippen molar-refractivity contribution < 1.29 is 45.4 Å². The Hall–Kier alpha value is -2.52. The van der Waals surface area contributed by atoms with E-state index in [2.05, 4.69) is 16.1 Å². The Morgan fingerprint density at radius 1 is 0.958 bits per heavy atom. The van der Waals surface area contributed by atoms with E-state index in [0.717, 1.165) is 0 Å². The van der Waals surface area contributed by atoms with Gasteiger partial charge < -0.3 is 9.47 Å². The molecule has 0 spiro atoms. The van der Waals surface area contributed by atoms with Gasteiger partial charge in [-0.2, -0.15) is 0 Å². The number of hydrogen-bond acceptors (Lipinski definition) is 4. The van der Waals surface area contributed by atoms with Gasteiger partial charge in [-0.25, -0.2) is 4.79 Å². The van der Waals surface area contributed by atoms with Crippen LogP contribution in [0.1, 0.15) is 5.56 Å². The van der Waals surface area contributed by atoms with Crippen LogP contribution in [-0.4, -0.2) is 24.7 Å². The molecule has 0 aliphatic rings. The molecule has 10 heteroatoms. The first-order valence-corrected chi connectivity index (χ1v) is 6.21. The highest BCUT2D eigenvalue weighted by molar-refractivity contribution is 5.95. The number of ether oxygens (including phenoxy) is 2. The highest BCUT2D eigenvalue weighted by atomic mass is 19.4. The van der Waals surface area contributed by atoms with E-state index in [4.69, 9.17) is 0 Å². The van der Waals surface area contributed by atoms with Gasteiger partial charge in [0.2, 0.25) is 0 Å². The van der Waals surface area contributed by atoms with Crippen LogP contribution >= 0.6 is 0 Å². The van der Waals surface area contributed by atoms with E-state index in [1.54, 1.807) is 6.07 Å². The number of rotatable bonds is 5. The number of benzene rings is 1. The first-order valence-electron chi connectivity index (χ1n) is 6.21. The van der Waals surface area contributed by atoms with Crippen LogP contribution in [0, 0.1) is 5.92 Å². The van der Waals surface area contributed by atoms with Crippen LogP contribution in [0.2, 0.25) is 0 Å². The molecule has 24 heavy (non-hydrogen) atoms. The number of esters is 2. The number of halogens is 6. The molecule has 0 bridgehead atoms. The molecule has 0 radical (unpaired) electrons. The van der Waals surface area contributed by atoms with Crippen molar-refractivity contribution in [2.75, 3.05) is 0 Å². The van der Waals surface area contributed by atoms with Gasteiger partial charge in [0.25, 0.3) is 0 Å². The molecule has 0 fully saturated rings. The van der Waals surface area contributed by atoms with Crippen LogP contribution in [0.3, 0.4) is 0 Å². The lowest BCUT2D eigenvalue weighted by Crippen LogP contribution is -2.32. The fraction of sp³-hybridized carbons (Fsp3) is 0.286. The van der Waals surface area contributed by atoms with Crippen LogP contribution < -0.4 is 0 Å². The summed E-state index contributed by atoms with van der Waals surface area (Å²) in [5.74, 6) is -6.03. The predicted molar refractivity (Wildman–Crippen MR) is 67.1 cm³/mol. The maximum Gasteiger partial charge on any atom is 0.575 e. The fourth-order valence-electron chi connectivity index (χ4n) is 1.70. The lowest BCUT2D eigenvalue weighted by Gasteiger charge is -2.19. The quantitative estimate of drug-likeness (QED) is 0.460. The number of carbonyl (C=O) groups excluding carboxylic acids is 2. The van der Waals surface area contributed by atoms with Crippen molar-refractivity contribution in [3.05, 3.63) is 48.0 Å². The van der Waals surface area contributed by atoms with E-state index in [-0.39, 0.29) is 5.56 Å². The predicted octanol–water partition coefficient (Wildman–Crippen LogP) is 3.53. The van der Waals surface area contributed by atoms with Crippen LogP contribution in [0.4, 0.5) is 26.3 Å². The normalized spacial score (nSPS) is 13.1. The molecule has 0 amide bonds. The summed E-state index contributed by atoms with van der Waals surface area (Å²) in [5, 5.41) is 0. The van der Waals surface area contributed by atoms with Crippen molar-refractivity contribution in [2.45, 2.75) is 19.1 Å². The maximum atomic E-state index is 12.2. The molecule has 1 atom stereocenters. The van der Waals surface area contributed by atoms with E-state index >= 15 is 0 Å². The first-order chi connectivity index (χ1) is 10.9. The minimum absolute atomic E-state index is 0.280. The molecular formula is C14H10F6O4. The maximum absolute atomic E-state index is 12.2. The zero-order valence-electron chi connectivity index (χ0n) is 11.8. The van der Waals surface area contributed by atoms with Crippen molar-refractivity contribution >= 4 is 11.9 Å². The van der Waals surface area contributed by atoms with Crippen molar-refractivity contribution in [1.82, 2.24) is 0 Å². The Bertz CT molecular complexity index is 606. The third-order valence-corrected chi connectivity index (χ3v) is 2.67. The summed E-state index contributed by atoms with van der Waals surface area (Å²) in [4.78, 5) is 22.9. The summed E-state index contributed by atoms with van der Waals surface area (Å²) in [6.07, 6.45) is -11.3. The van der Waals surface area contributed by atoms with Gasteiger partial charge in [-0.3, -0.25) is 4.79 Å². The monoisotopic (exact) mass is 356 g/mol. The molecule has 1 aromatic rings. The Balaban J connectivity index is 3.01. The smallest absolute Gasteiger partial charge is 0.372 e. The van der Waals surface area contributed by atoms with Gasteiger partial charge in [0.1, 0.15) is 0 Å². The van der Waals surface area contributed by atoms with Crippen LogP contribution in [-0.2, 0) is 25.5 Å². The highest BCUT2D eigenvalue weighted by Gasteiger charge is 2.41. The van der Waals surface area contributed by atoms with Gasteiger partial charge in [0.15, 0.2) is 0 Å². The number of alkyl halides is 6. The molecule has 1 rings (SSSR count).